The van der Waals surface area contributed by atoms with Gasteiger partial charge in [0.2, 0.25) is 10.0 Å². The number of carbonyl (C=O) groups is 1. The molecular weight excluding hydrogens is 302 g/mol. The van der Waals surface area contributed by atoms with Gasteiger partial charge in [0.15, 0.2) is 0 Å². The largest absolute Gasteiger partial charge is 0.481 e. The standard InChI is InChI=1S/C16H17NO4S/c17-22(20,21)15-9-5-4-8-14(15)13(10-11-16(18)19)12-6-2-1-3-7-12/h1-9,13H,10-11H2,(H,18,19)(H2,17,20,21). The van der Waals surface area contributed by atoms with Gasteiger partial charge >= 0.3 is 5.97 Å². The first-order chi connectivity index (χ1) is 10.4. The van der Waals surface area contributed by atoms with Crippen molar-refractivity contribution < 1.29 is 18.3 Å². The van der Waals surface area contributed by atoms with Crippen molar-refractivity contribution >= 4 is 16.0 Å². The van der Waals surface area contributed by atoms with Crippen LogP contribution in [0.4, 0.5) is 0 Å². The van der Waals surface area contributed by atoms with Crippen LogP contribution >= 0.6 is 0 Å². The van der Waals surface area contributed by atoms with Crippen LogP contribution in [0.15, 0.2) is 59.5 Å². The summed E-state index contributed by atoms with van der Waals surface area (Å²) in [5.41, 5.74) is 1.39. The van der Waals surface area contributed by atoms with Gasteiger partial charge in [0, 0.05) is 12.3 Å². The van der Waals surface area contributed by atoms with Crippen LogP contribution in [0.3, 0.4) is 0 Å². The predicted octanol–water partition coefficient (Wildman–Crippen LogP) is 2.33. The molecule has 0 amide bonds. The highest BCUT2D eigenvalue weighted by molar-refractivity contribution is 7.89. The molecule has 0 fully saturated rings. The molecule has 0 saturated carbocycles. The predicted molar refractivity (Wildman–Crippen MR) is 83.0 cm³/mol. The summed E-state index contributed by atoms with van der Waals surface area (Å²) in [5.74, 6) is -1.26. The Labute approximate surface area is 129 Å². The zero-order valence-corrected chi connectivity index (χ0v) is 12.7. The molecule has 22 heavy (non-hydrogen) atoms. The summed E-state index contributed by atoms with van der Waals surface area (Å²) in [6.07, 6.45) is 0.240. The van der Waals surface area contributed by atoms with Crippen LogP contribution in [0.1, 0.15) is 29.9 Å². The maximum Gasteiger partial charge on any atom is 0.303 e. The third-order valence-corrected chi connectivity index (χ3v) is 4.43. The highest BCUT2D eigenvalue weighted by Gasteiger charge is 2.22. The second kappa shape index (κ2) is 6.72. The van der Waals surface area contributed by atoms with E-state index in [9.17, 15) is 13.2 Å². The molecule has 3 N–H and O–H groups in total. The zero-order valence-electron chi connectivity index (χ0n) is 11.8. The average molecular weight is 319 g/mol. The van der Waals surface area contributed by atoms with Crippen molar-refractivity contribution in [3.05, 3.63) is 65.7 Å². The highest BCUT2D eigenvalue weighted by Crippen LogP contribution is 2.33. The fourth-order valence-corrected chi connectivity index (χ4v) is 3.29. The lowest BCUT2D eigenvalue weighted by atomic mass is 9.87. The number of nitrogens with two attached hydrogens (primary N) is 1. The van der Waals surface area contributed by atoms with Crippen LogP contribution in [-0.4, -0.2) is 19.5 Å². The minimum Gasteiger partial charge on any atom is -0.481 e. The summed E-state index contributed by atoms with van der Waals surface area (Å²) in [6.45, 7) is 0. The molecule has 0 aliphatic rings. The lowest BCUT2D eigenvalue weighted by Crippen LogP contribution is -2.17. The first kappa shape index (κ1) is 16.2. The minimum atomic E-state index is -3.87. The van der Waals surface area contributed by atoms with E-state index < -0.39 is 16.0 Å². The Hall–Kier alpha value is -2.18. The Morgan fingerprint density at radius 2 is 1.64 bits per heavy atom. The van der Waals surface area contributed by atoms with Crippen molar-refractivity contribution in [2.45, 2.75) is 23.7 Å². The third-order valence-electron chi connectivity index (χ3n) is 3.45. The Balaban J connectivity index is 2.53. The van der Waals surface area contributed by atoms with Crippen molar-refractivity contribution in [3.63, 3.8) is 0 Å². The fourth-order valence-electron chi connectivity index (χ4n) is 2.48. The third kappa shape index (κ3) is 3.93. The Morgan fingerprint density at radius 1 is 1.05 bits per heavy atom. The number of benzene rings is 2. The molecule has 5 nitrogen and oxygen atoms in total. The van der Waals surface area contributed by atoms with Gasteiger partial charge < -0.3 is 5.11 Å². The molecule has 6 heteroatoms. The molecule has 0 heterocycles. The van der Waals surface area contributed by atoms with E-state index in [0.29, 0.717) is 12.0 Å². The smallest absolute Gasteiger partial charge is 0.303 e. The van der Waals surface area contributed by atoms with Crippen molar-refractivity contribution in [2.75, 3.05) is 0 Å². The summed E-state index contributed by atoms with van der Waals surface area (Å²) < 4.78 is 23.6. The molecule has 1 atom stereocenters. The molecule has 0 aromatic heterocycles. The van der Waals surface area contributed by atoms with E-state index in [0.717, 1.165) is 5.56 Å². The van der Waals surface area contributed by atoms with Crippen LogP contribution in [0.5, 0.6) is 0 Å². The van der Waals surface area contributed by atoms with E-state index in [1.807, 2.05) is 30.3 Å². The fraction of sp³-hybridized carbons (Fsp3) is 0.188. The summed E-state index contributed by atoms with van der Waals surface area (Å²) in [4.78, 5) is 10.9. The van der Waals surface area contributed by atoms with Crippen LogP contribution in [0.25, 0.3) is 0 Å². The van der Waals surface area contributed by atoms with Gasteiger partial charge in [-0.15, -0.1) is 0 Å². The lowest BCUT2D eigenvalue weighted by Gasteiger charge is -2.19. The summed E-state index contributed by atoms with van der Waals surface area (Å²) >= 11 is 0. The Bertz CT molecular complexity index is 757. The maximum atomic E-state index is 11.8. The molecule has 116 valence electrons. The van der Waals surface area contributed by atoms with Crippen LogP contribution in [0.2, 0.25) is 0 Å². The molecule has 0 spiro atoms. The summed E-state index contributed by atoms with van der Waals surface area (Å²) in [7, 11) is -3.87. The van der Waals surface area contributed by atoms with Crippen molar-refractivity contribution in [1.82, 2.24) is 0 Å². The molecule has 2 aromatic carbocycles. The van der Waals surface area contributed by atoms with E-state index in [-0.39, 0.29) is 17.2 Å². The first-order valence-electron chi connectivity index (χ1n) is 6.78. The average Bonchev–Trinajstić information content (AvgIpc) is 2.48. The molecular formula is C16H17NO4S. The molecule has 2 aromatic rings. The molecule has 1 unspecified atom stereocenters. The van der Waals surface area contributed by atoms with Crippen LogP contribution in [0, 0.1) is 0 Å². The molecule has 0 aliphatic heterocycles. The minimum absolute atomic E-state index is 0.0363. The van der Waals surface area contributed by atoms with Gasteiger partial charge in [-0.05, 0) is 23.6 Å². The van der Waals surface area contributed by atoms with E-state index in [1.165, 1.54) is 6.07 Å². The van der Waals surface area contributed by atoms with Gasteiger partial charge in [-0.25, -0.2) is 13.6 Å². The second-order valence-electron chi connectivity index (χ2n) is 4.98. The molecule has 0 radical (unpaired) electrons. The number of carboxylic acids is 1. The van der Waals surface area contributed by atoms with Crippen molar-refractivity contribution in [1.29, 1.82) is 0 Å². The van der Waals surface area contributed by atoms with Gasteiger partial charge in [0.05, 0.1) is 4.90 Å². The quantitative estimate of drug-likeness (QED) is 0.854. The SMILES string of the molecule is NS(=O)(=O)c1ccccc1C(CCC(=O)O)c1ccccc1. The Kier molecular flexibility index (Phi) is 4.95. The van der Waals surface area contributed by atoms with Gasteiger partial charge in [-0.1, -0.05) is 48.5 Å². The first-order valence-corrected chi connectivity index (χ1v) is 8.32. The van der Waals surface area contributed by atoms with Gasteiger partial charge in [-0.3, -0.25) is 4.79 Å². The number of hydrogen-bond acceptors (Lipinski definition) is 3. The van der Waals surface area contributed by atoms with E-state index >= 15 is 0 Å². The number of sulfonamides is 1. The summed E-state index contributed by atoms with van der Waals surface area (Å²) in [6, 6.07) is 15.7. The number of primary sulfonamides is 1. The number of carboxylic acid groups (broad SMARTS) is 1. The normalized spacial score (nSPS) is 12.8. The van der Waals surface area contributed by atoms with Gasteiger partial charge in [0.1, 0.15) is 0 Å². The summed E-state index contributed by atoms with van der Waals surface area (Å²) in [5, 5.41) is 14.2. The molecule has 2 rings (SSSR count). The molecule has 0 bridgehead atoms. The van der Waals surface area contributed by atoms with Crippen molar-refractivity contribution in [3.8, 4) is 0 Å². The second-order valence-corrected chi connectivity index (χ2v) is 6.51. The van der Waals surface area contributed by atoms with Crippen LogP contribution < -0.4 is 5.14 Å². The number of hydrogen-bond donors (Lipinski definition) is 2. The molecule has 0 saturated heterocycles. The molecule has 0 aliphatic carbocycles. The maximum absolute atomic E-state index is 11.8. The van der Waals surface area contributed by atoms with E-state index in [4.69, 9.17) is 10.2 Å². The monoisotopic (exact) mass is 319 g/mol. The zero-order chi connectivity index (χ0) is 16.2. The number of aliphatic carboxylic acids is 1. The van der Waals surface area contributed by atoms with Gasteiger partial charge in [-0.2, -0.15) is 0 Å². The van der Waals surface area contributed by atoms with E-state index in [2.05, 4.69) is 0 Å². The highest BCUT2D eigenvalue weighted by atomic mass is 32.2. The lowest BCUT2D eigenvalue weighted by molar-refractivity contribution is -0.137. The van der Waals surface area contributed by atoms with Crippen LogP contribution in [-0.2, 0) is 14.8 Å². The topological polar surface area (TPSA) is 97.5 Å². The van der Waals surface area contributed by atoms with Crippen molar-refractivity contribution in [2.24, 2.45) is 5.14 Å². The number of rotatable bonds is 6. The Morgan fingerprint density at radius 3 is 2.23 bits per heavy atom. The van der Waals surface area contributed by atoms with E-state index in [1.54, 1.807) is 18.2 Å². The van der Waals surface area contributed by atoms with Gasteiger partial charge in [0.25, 0.3) is 0 Å².